The summed E-state index contributed by atoms with van der Waals surface area (Å²) in [4.78, 5) is 27.2. The largest absolute Gasteiger partial charge is 0.465 e. The van der Waals surface area contributed by atoms with Gasteiger partial charge in [-0.25, -0.2) is 9.59 Å². The van der Waals surface area contributed by atoms with Crippen molar-refractivity contribution in [2.75, 3.05) is 33.6 Å². The van der Waals surface area contributed by atoms with Crippen LogP contribution < -0.4 is 10.6 Å². The van der Waals surface area contributed by atoms with Gasteiger partial charge in [0.1, 0.15) is 0 Å². The molecule has 2 rings (SSSR count). The van der Waals surface area contributed by atoms with E-state index in [1.165, 1.54) is 19.0 Å². The number of hydrogen-bond acceptors (Lipinski definition) is 6. The Hall–Kier alpha value is -4.07. The number of benzene rings is 2. The van der Waals surface area contributed by atoms with Gasteiger partial charge in [0.15, 0.2) is 10.7 Å². The van der Waals surface area contributed by atoms with E-state index in [0.29, 0.717) is 23.3 Å². The summed E-state index contributed by atoms with van der Waals surface area (Å²) in [6.07, 6.45) is -10.2. The summed E-state index contributed by atoms with van der Waals surface area (Å²) in [5.41, 5.74) is -3.95. The number of nitrogens with zero attached hydrogens (tertiary/aromatic N) is 1. The lowest BCUT2D eigenvalue weighted by Crippen LogP contribution is -2.36. The Kier molecular flexibility index (Phi) is 11.0. The van der Waals surface area contributed by atoms with Crippen molar-refractivity contribution in [1.29, 1.82) is 0 Å². The van der Waals surface area contributed by atoms with Crippen LogP contribution in [0.15, 0.2) is 65.5 Å². The molecule has 0 aromatic heterocycles. The quantitative estimate of drug-likeness (QED) is 0.0671. The Bertz CT molecular complexity index is 1380. The van der Waals surface area contributed by atoms with Gasteiger partial charge in [-0.05, 0) is 47.0 Å². The van der Waals surface area contributed by atoms with Crippen molar-refractivity contribution in [2.24, 2.45) is 5.41 Å². The molecule has 0 bridgehead atoms. The Morgan fingerprint density at radius 2 is 1.28 bits per heavy atom. The summed E-state index contributed by atoms with van der Waals surface area (Å²) in [6, 6.07) is 9.65. The lowest BCUT2D eigenvalue weighted by molar-refractivity contribution is -0.145. The van der Waals surface area contributed by atoms with Crippen LogP contribution >= 0.6 is 12.2 Å². The maximum absolute atomic E-state index is 13.5. The van der Waals surface area contributed by atoms with Crippen LogP contribution in [0.25, 0.3) is 5.57 Å². The van der Waals surface area contributed by atoms with Gasteiger partial charge in [0.05, 0.1) is 36.7 Å². The van der Waals surface area contributed by atoms with E-state index in [4.69, 9.17) is 21.7 Å². The van der Waals surface area contributed by atoms with Gasteiger partial charge in [-0.15, -0.1) is 0 Å². The van der Waals surface area contributed by atoms with Gasteiger partial charge < -0.3 is 25.0 Å². The summed E-state index contributed by atoms with van der Waals surface area (Å²) in [6.45, 7) is 5.46. The molecule has 0 radical (unpaired) electrons. The number of alkyl halides is 6. The number of nitrogens with one attached hydrogen (secondary N) is 2. The van der Waals surface area contributed by atoms with Crippen molar-refractivity contribution in [3.8, 4) is 0 Å². The monoisotopic (exact) mass is 631 g/mol. The highest BCUT2D eigenvalue weighted by atomic mass is 32.1. The zero-order chi connectivity index (χ0) is 32.9. The fourth-order valence-electron chi connectivity index (χ4n) is 4.15. The third-order valence-electron chi connectivity index (χ3n) is 5.85. The highest BCUT2D eigenvalue weighted by molar-refractivity contribution is 7.80. The van der Waals surface area contributed by atoms with Crippen molar-refractivity contribution in [1.82, 2.24) is 10.2 Å². The van der Waals surface area contributed by atoms with Gasteiger partial charge in [-0.1, -0.05) is 51.1 Å². The van der Waals surface area contributed by atoms with Gasteiger partial charge in [0.25, 0.3) is 0 Å². The van der Waals surface area contributed by atoms with Crippen LogP contribution in [0.3, 0.4) is 0 Å². The third-order valence-corrected chi connectivity index (χ3v) is 6.05. The molecule has 0 aliphatic heterocycles. The van der Waals surface area contributed by atoms with Gasteiger partial charge >= 0.3 is 24.3 Å². The Morgan fingerprint density at radius 3 is 1.65 bits per heavy atom. The van der Waals surface area contributed by atoms with E-state index in [9.17, 15) is 35.9 Å². The minimum absolute atomic E-state index is 0.00795. The first-order chi connectivity index (χ1) is 19.7. The number of carbonyl (C=O) groups is 2. The molecule has 0 aliphatic rings. The second-order valence-corrected chi connectivity index (χ2v) is 10.7. The molecule has 2 N–H and O–H groups in total. The predicted molar refractivity (Wildman–Crippen MR) is 153 cm³/mol. The summed E-state index contributed by atoms with van der Waals surface area (Å²) < 4.78 is 90.4. The number of methoxy groups -OCH3 is 2. The molecule has 0 amide bonds. The van der Waals surface area contributed by atoms with Gasteiger partial charge in [-0.3, -0.25) is 0 Å². The molecule has 2 aromatic rings. The number of rotatable bonds is 7. The normalized spacial score (nSPS) is 12.5. The summed E-state index contributed by atoms with van der Waals surface area (Å²) in [5.74, 6) is -2.13. The van der Waals surface area contributed by atoms with Crippen molar-refractivity contribution in [3.05, 3.63) is 82.2 Å². The van der Waals surface area contributed by atoms with Crippen LogP contribution in [0.4, 0.5) is 32.0 Å². The molecule has 2 aromatic carbocycles. The molecule has 0 fully saturated rings. The summed E-state index contributed by atoms with van der Waals surface area (Å²) in [7, 11) is 5.12. The molecule has 0 saturated heterocycles. The van der Waals surface area contributed by atoms with E-state index in [0.717, 1.165) is 14.2 Å². The first kappa shape index (κ1) is 35.1. The molecule has 0 saturated carbocycles. The van der Waals surface area contributed by atoms with E-state index >= 15 is 0 Å². The number of carbonyl (C=O) groups excluding carboxylic acids is 2. The molecular formula is C29H31F6N3O4S. The minimum atomic E-state index is -5.08. The lowest BCUT2D eigenvalue weighted by Gasteiger charge is -2.32. The van der Waals surface area contributed by atoms with Crippen LogP contribution in [0.1, 0.15) is 37.5 Å². The van der Waals surface area contributed by atoms with Crippen LogP contribution in [0, 0.1) is 5.41 Å². The average molecular weight is 632 g/mol. The number of likely N-dealkylation sites (N-methyl/N-ethyl adjacent to an activating group) is 1. The molecule has 0 atom stereocenters. The number of allylic oxidation sites excluding steroid dienone is 1. The number of hydrogen-bond donors (Lipinski definition) is 2. The maximum atomic E-state index is 13.5. The lowest BCUT2D eigenvalue weighted by atomic mass is 9.79. The predicted octanol–water partition coefficient (Wildman–Crippen LogP) is 6.63. The molecule has 0 spiro atoms. The van der Waals surface area contributed by atoms with E-state index in [-0.39, 0.29) is 17.5 Å². The second kappa shape index (κ2) is 13.5. The van der Waals surface area contributed by atoms with E-state index in [2.05, 4.69) is 10.6 Å². The maximum Gasteiger partial charge on any atom is 0.416 e. The van der Waals surface area contributed by atoms with Gasteiger partial charge in [-0.2, -0.15) is 26.3 Å². The fourth-order valence-corrected chi connectivity index (χ4v) is 4.37. The van der Waals surface area contributed by atoms with Crippen LogP contribution in [-0.4, -0.2) is 50.3 Å². The van der Waals surface area contributed by atoms with Crippen molar-refractivity contribution >= 4 is 40.5 Å². The second-order valence-electron chi connectivity index (χ2n) is 10.3. The molecule has 0 aliphatic carbocycles. The summed E-state index contributed by atoms with van der Waals surface area (Å²) >= 11 is 5.37. The first-order valence-corrected chi connectivity index (χ1v) is 12.9. The number of halogens is 6. The average Bonchev–Trinajstić information content (AvgIpc) is 2.89. The number of thiocarbonyl (C=S) groups is 1. The molecule has 0 unspecified atom stereocenters. The molecular weight excluding hydrogens is 600 g/mol. The van der Waals surface area contributed by atoms with Crippen molar-refractivity contribution in [3.63, 3.8) is 0 Å². The zero-order valence-electron chi connectivity index (χ0n) is 24.4. The number of esters is 2. The Morgan fingerprint density at radius 1 is 0.814 bits per heavy atom. The SMILES string of the molecule is COC(=O)C(C(=O)OC)=C(/C(NC(=S)Nc1cc(C(F)(F)F)cc(C(F)(F)F)c1)=C(/c1ccccc1)C(C)(C)C)N(C)C. The Labute approximate surface area is 250 Å². The zero-order valence-corrected chi connectivity index (χ0v) is 25.2. The van der Waals surface area contributed by atoms with Gasteiger partial charge in [0, 0.05) is 19.8 Å². The topological polar surface area (TPSA) is 79.9 Å². The van der Waals surface area contributed by atoms with E-state index < -0.39 is 57.2 Å². The first-order valence-electron chi connectivity index (χ1n) is 12.5. The number of ether oxygens (including phenoxy) is 2. The fraction of sp³-hybridized carbons (Fsp3) is 0.345. The molecule has 14 heteroatoms. The molecule has 234 valence electrons. The van der Waals surface area contributed by atoms with Crippen LogP contribution in [0.5, 0.6) is 0 Å². The molecule has 7 nitrogen and oxygen atoms in total. The smallest absolute Gasteiger partial charge is 0.416 e. The van der Waals surface area contributed by atoms with Crippen LogP contribution in [-0.2, 0) is 31.4 Å². The molecule has 0 heterocycles. The highest BCUT2D eigenvalue weighted by Crippen LogP contribution is 2.40. The van der Waals surface area contributed by atoms with E-state index in [1.54, 1.807) is 30.3 Å². The van der Waals surface area contributed by atoms with Crippen LogP contribution in [0.2, 0.25) is 0 Å². The summed E-state index contributed by atoms with van der Waals surface area (Å²) in [5, 5.41) is 4.78. The minimum Gasteiger partial charge on any atom is -0.465 e. The Balaban J connectivity index is 2.92. The van der Waals surface area contributed by atoms with Crippen molar-refractivity contribution < 1.29 is 45.4 Å². The third kappa shape index (κ3) is 8.96. The molecule has 43 heavy (non-hydrogen) atoms. The van der Waals surface area contributed by atoms with E-state index in [1.807, 2.05) is 20.8 Å². The highest BCUT2D eigenvalue weighted by Gasteiger charge is 2.37. The van der Waals surface area contributed by atoms with Crippen molar-refractivity contribution in [2.45, 2.75) is 33.1 Å². The van der Waals surface area contributed by atoms with Gasteiger partial charge in [0.2, 0.25) is 0 Å². The number of anilines is 1. The standard InChI is InChI=1S/C29H31F6N3O4S/c1-27(2,3)21(16-11-9-8-10-12-16)22(23(38(4)5)20(24(39)41-6)25(40)42-7)37-26(43)36-19-14-17(28(30,31)32)13-18(15-19)29(33,34)35/h8-15H,1-7H3,(H2,36,37,43)/b22-21+.